The van der Waals surface area contributed by atoms with Gasteiger partial charge in [0.15, 0.2) is 11.9 Å². The zero-order chi connectivity index (χ0) is 20.2. The van der Waals surface area contributed by atoms with E-state index in [0.29, 0.717) is 23.2 Å². The fraction of sp³-hybridized carbons (Fsp3) is 0.174. The second-order valence-corrected chi connectivity index (χ2v) is 7.50. The number of ether oxygens (including phenoxy) is 2. The van der Waals surface area contributed by atoms with Crippen molar-refractivity contribution in [1.29, 1.82) is 0 Å². The summed E-state index contributed by atoms with van der Waals surface area (Å²) < 4.78 is 14.1. The number of hydrogen-bond donors (Lipinski definition) is 0. The maximum atomic E-state index is 6.11. The number of hydrogen-bond acceptors (Lipinski definition) is 3. The predicted octanol–water partition coefficient (Wildman–Crippen LogP) is 6.56. The molecule has 3 aromatic carbocycles. The zero-order valence-electron chi connectivity index (χ0n) is 15.9. The number of rotatable bonds is 7. The van der Waals surface area contributed by atoms with Crippen molar-refractivity contribution < 1.29 is 9.47 Å². The lowest BCUT2D eigenvalue weighted by atomic mass is 10.3. The van der Waals surface area contributed by atoms with Gasteiger partial charge in [-0.3, -0.25) is 0 Å². The number of benzene rings is 3. The molecule has 0 radical (unpaired) electrons. The minimum atomic E-state index is -0.237. The molecule has 0 bridgehead atoms. The molecule has 4 aromatic rings. The molecule has 0 spiro atoms. The van der Waals surface area contributed by atoms with Crippen molar-refractivity contribution in [1.82, 2.24) is 9.55 Å². The highest BCUT2D eigenvalue weighted by Gasteiger charge is 2.18. The van der Waals surface area contributed by atoms with Gasteiger partial charge in [-0.2, -0.15) is 0 Å². The maximum absolute atomic E-state index is 6.11. The molecule has 1 atom stereocenters. The molecule has 0 aliphatic heterocycles. The highest BCUT2D eigenvalue weighted by atomic mass is 35.5. The molecule has 0 aliphatic carbocycles. The third kappa shape index (κ3) is 4.66. The van der Waals surface area contributed by atoms with Crippen molar-refractivity contribution in [3.05, 3.63) is 88.7 Å². The highest BCUT2D eigenvalue weighted by Crippen LogP contribution is 2.26. The molecule has 4 nitrogen and oxygen atoms in total. The molecule has 6 heteroatoms. The van der Waals surface area contributed by atoms with Crippen molar-refractivity contribution in [2.75, 3.05) is 6.61 Å². The minimum absolute atomic E-state index is 0.237. The van der Waals surface area contributed by atoms with Gasteiger partial charge in [0.1, 0.15) is 18.1 Å². The smallest absolute Gasteiger partial charge is 0.153 e. The Morgan fingerprint density at radius 1 is 0.862 bits per heavy atom. The van der Waals surface area contributed by atoms with Crippen LogP contribution in [0.2, 0.25) is 10.0 Å². The lowest BCUT2D eigenvalue weighted by Crippen LogP contribution is -2.15. The van der Waals surface area contributed by atoms with Crippen molar-refractivity contribution in [2.45, 2.75) is 19.6 Å². The summed E-state index contributed by atoms with van der Waals surface area (Å²) in [5.74, 6) is 2.38. The van der Waals surface area contributed by atoms with Crippen LogP contribution >= 0.6 is 23.2 Å². The Kier molecular flexibility index (Phi) is 5.93. The highest BCUT2D eigenvalue weighted by molar-refractivity contribution is 6.30. The summed E-state index contributed by atoms with van der Waals surface area (Å²) in [4.78, 5) is 4.80. The molecular formula is C23H20Cl2N2O2. The quantitative estimate of drug-likeness (QED) is 0.335. The molecule has 0 saturated heterocycles. The first-order chi connectivity index (χ1) is 14.1. The van der Waals surface area contributed by atoms with Gasteiger partial charge in [0, 0.05) is 10.0 Å². The maximum Gasteiger partial charge on any atom is 0.153 e. The molecule has 0 aliphatic rings. The SMILES string of the molecule is CC(Oc1ccc(Cl)cc1)c1nc2ccccc2n1CCOc1ccc(Cl)cc1. The molecule has 0 amide bonds. The first-order valence-electron chi connectivity index (χ1n) is 9.36. The van der Waals surface area contributed by atoms with Crippen LogP contribution in [0.5, 0.6) is 11.5 Å². The van der Waals surface area contributed by atoms with E-state index < -0.39 is 0 Å². The average molecular weight is 427 g/mol. The largest absolute Gasteiger partial charge is 0.492 e. The van der Waals surface area contributed by atoms with Crippen molar-refractivity contribution in [3.63, 3.8) is 0 Å². The summed E-state index contributed by atoms with van der Waals surface area (Å²) in [5, 5.41) is 1.37. The van der Waals surface area contributed by atoms with Gasteiger partial charge in [0.25, 0.3) is 0 Å². The van der Waals surface area contributed by atoms with E-state index in [1.807, 2.05) is 73.7 Å². The lowest BCUT2D eigenvalue weighted by Gasteiger charge is -2.17. The number of nitrogens with zero attached hydrogens (tertiary/aromatic N) is 2. The Bertz CT molecular complexity index is 1090. The summed E-state index contributed by atoms with van der Waals surface area (Å²) in [6.07, 6.45) is -0.237. The Hall–Kier alpha value is -2.69. The fourth-order valence-electron chi connectivity index (χ4n) is 3.20. The van der Waals surface area contributed by atoms with Crippen molar-refractivity contribution in [3.8, 4) is 11.5 Å². The van der Waals surface area contributed by atoms with Crippen LogP contribution in [0.4, 0.5) is 0 Å². The first kappa shape index (κ1) is 19.6. The number of halogens is 2. The normalized spacial score (nSPS) is 12.1. The third-order valence-electron chi connectivity index (χ3n) is 4.57. The monoisotopic (exact) mass is 426 g/mol. The Labute approximate surface area is 179 Å². The van der Waals surface area contributed by atoms with Crippen LogP contribution in [-0.4, -0.2) is 16.2 Å². The zero-order valence-corrected chi connectivity index (χ0v) is 17.4. The number of fused-ring (bicyclic) bond motifs is 1. The second kappa shape index (κ2) is 8.76. The number of aromatic nitrogens is 2. The van der Waals surface area contributed by atoms with E-state index in [-0.39, 0.29) is 6.10 Å². The van der Waals surface area contributed by atoms with Crippen LogP contribution in [0.3, 0.4) is 0 Å². The van der Waals surface area contributed by atoms with Crippen LogP contribution in [0.15, 0.2) is 72.8 Å². The summed E-state index contributed by atoms with van der Waals surface area (Å²) in [7, 11) is 0. The van der Waals surface area contributed by atoms with Gasteiger partial charge in [0.2, 0.25) is 0 Å². The summed E-state index contributed by atoms with van der Waals surface area (Å²) in [6.45, 7) is 3.14. The average Bonchev–Trinajstić information content (AvgIpc) is 3.10. The Morgan fingerprint density at radius 2 is 1.48 bits per heavy atom. The van der Waals surface area contributed by atoms with Crippen molar-refractivity contribution in [2.24, 2.45) is 0 Å². The van der Waals surface area contributed by atoms with E-state index in [9.17, 15) is 0 Å². The predicted molar refractivity (Wildman–Crippen MR) is 117 cm³/mol. The third-order valence-corrected chi connectivity index (χ3v) is 5.08. The Balaban J connectivity index is 1.54. The molecule has 29 heavy (non-hydrogen) atoms. The molecule has 1 heterocycles. The van der Waals surface area contributed by atoms with Crippen LogP contribution in [0, 0.1) is 0 Å². The van der Waals surface area contributed by atoms with E-state index in [0.717, 1.165) is 28.4 Å². The van der Waals surface area contributed by atoms with Gasteiger partial charge in [-0.1, -0.05) is 35.3 Å². The van der Waals surface area contributed by atoms with E-state index in [4.69, 9.17) is 37.7 Å². The van der Waals surface area contributed by atoms with E-state index >= 15 is 0 Å². The molecule has 0 fully saturated rings. The molecular weight excluding hydrogens is 407 g/mol. The molecule has 4 rings (SSSR count). The number of imidazole rings is 1. The summed E-state index contributed by atoms with van der Waals surface area (Å²) in [6, 6.07) is 22.8. The van der Waals surface area contributed by atoms with Gasteiger partial charge >= 0.3 is 0 Å². The Morgan fingerprint density at radius 3 is 2.17 bits per heavy atom. The van der Waals surface area contributed by atoms with E-state index in [2.05, 4.69) is 10.6 Å². The van der Waals surface area contributed by atoms with E-state index in [1.165, 1.54) is 0 Å². The lowest BCUT2D eigenvalue weighted by molar-refractivity contribution is 0.207. The van der Waals surface area contributed by atoms with Crippen LogP contribution in [-0.2, 0) is 6.54 Å². The standard InChI is InChI=1S/C23H20Cl2N2O2/c1-16(29-20-12-8-18(25)9-13-20)23-26-21-4-2-3-5-22(21)27(23)14-15-28-19-10-6-17(24)7-11-19/h2-13,16H,14-15H2,1H3. The molecule has 1 aromatic heterocycles. The second-order valence-electron chi connectivity index (χ2n) is 6.63. The first-order valence-corrected chi connectivity index (χ1v) is 10.1. The van der Waals surface area contributed by atoms with Gasteiger partial charge in [-0.25, -0.2) is 4.98 Å². The summed E-state index contributed by atoms with van der Waals surface area (Å²) in [5.41, 5.74) is 1.98. The van der Waals surface area contributed by atoms with Gasteiger partial charge in [-0.05, 0) is 67.6 Å². The van der Waals surface area contributed by atoms with Gasteiger partial charge < -0.3 is 14.0 Å². The number of para-hydroxylation sites is 2. The molecule has 148 valence electrons. The fourth-order valence-corrected chi connectivity index (χ4v) is 3.45. The van der Waals surface area contributed by atoms with Gasteiger partial charge in [0.05, 0.1) is 17.6 Å². The summed E-state index contributed by atoms with van der Waals surface area (Å²) >= 11 is 11.9. The van der Waals surface area contributed by atoms with Crippen LogP contribution in [0.1, 0.15) is 18.9 Å². The minimum Gasteiger partial charge on any atom is -0.492 e. The topological polar surface area (TPSA) is 36.3 Å². The van der Waals surface area contributed by atoms with Gasteiger partial charge in [-0.15, -0.1) is 0 Å². The van der Waals surface area contributed by atoms with Crippen LogP contribution in [0.25, 0.3) is 11.0 Å². The van der Waals surface area contributed by atoms with Crippen molar-refractivity contribution >= 4 is 34.2 Å². The molecule has 1 unspecified atom stereocenters. The molecule has 0 N–H and O–H groups in total. The molecule has 0 saturated carbocycles. The van der Waals surface area contributed by atoms with Crippen LogP contribution < -0.4 is 9.47 Å². The van der Waals surface area contributed by atoms with E-state index in [1.54, 1.807) is 0 Å².